The summed E-state index contributed by atoms with van der Waals surface area (Å²) in [6.07, 6.45) is 0. The molecule has 0 saturated heterocycles. The lowest BCUT2D eigenvalue weighted by molar-refractivity contribution is -0.145. The van der Waals surface area contributed by atoms with Crippen LogP contribution >= 0.6 is 0 Å². The second-order valence-corrected chi connectivity index (χ2v) is 1.40. The zero-order chi connectivity index (χ0) is 7.44. The van der Waals surface area contributed by atoms with Crippen LogP contribution in [-0.2, 0) is 14.3 Å². The minimum atomic E-state index is -1.34. The standard InChI is InChI=1S/C4H8N2O3/c1-9-4(8)2(5)3(6)7/h2H,5H2,1H3,(H2,6,7)/t2-/m0/s1. The van der Waals surface area contributed by atoms with Crippen molar-refractivity contribution in [3.05, 3.63) is 0 Å². The van der Waals surface area contributed by atoms with Gasteiger partial charge in [-0.05, 0) is 0 Å². The Bertz CT molecular complexity index is 134. The van der Waals surface area contributed by atoms with E-state index in [0.717, 1.165) is 7.11 Å². The van der Waals surface area contributed by atoms with Crippen LogP contribution in [0.2, 0.25) is 0 Å². The number of ether oxygens (including phenoxy) is 1. The number of rotatable bonds is 2. The molecule has 4 N–H and O–H groups in total. The minimum absolute atomic E-state index is 0.817. The predicted molar refractivity (Wildman–Crippen MR) is 29.2 cm³/mol. The summed E-state index contributed by atoms with van der Waals surface area (Å²) in [5, 5.41) is 0. The molecule has 0 aliphatic rings. The fourth-order valence-corrected chi connectivity index (χ4v) is 0.243. The van der Waals surface area contributed by atoms with Crippen LogP contribution in [0.15, 0.2) is 0 Å². The van der Waals surface area contributed by atoms with Crippen molar-refractivity contribution in [3.8, 4) is 0 Å². The van der Waals surface area contributed by atoms with Gasteiger partial charge in [0.2, 0.25) is 5.91 Å². The van der Waals surface area contributed by atoms with E-state index in [4.69, 9.17) is 5.73 Å². The van der Waals surface area contributed by atoms with Crippen LogP contribution in [0.4, 0.5) is 0 Å². The van der Waals surface area contributed by atoms with Gasteiger partial charge in [-0.3, -0.25) is 4.79 Å². The summed E-state index contributed by atoms with van der Waals surface area (Å²) < 4.78 is 4.11. The fraction of sp³-hybridized carbons (Fsp3) is 0.500. The van der Waals surface area contributed by atoms with Crippen LogP contribution < -0.4 is 11.5 Å². The Labute approximate surface area is 52.0 Å². The number of methoxy groups -OCH3 is 1. The molecule has 0 fully saturated rings. The van der Waals surface area contributed by atoms with Gasteiger partial charge in [0.25, 0.3) is 0 Å². The predicted octanol–water partition coefficient (Wildman–Crippen LogP) is -2.03. The molecule has 0 aromatic heterocycles. The van der Waals surface area contributed by atoms with Gasteiger partial charge in [0.1, 0.15) is 0 Å². The van der Waals surface area contributed by atoms with E-state index in [1.54, 1.807) is 0 Å². The van der Waals surface area contributed by atoms with E-state index in [1.165, 1.54) is 0 Å². The number of primary amides is 1. The molecule has 0 saturated carbocycles. The van der Waals surface area contributed by atoms with Crippen molar-refractivity contribution in [3.63, 3.8) is 0 Å². The minimum Gasteiger partial charge on any atom is -0.467 e. The molecular weight excluding hydrogens is 124 g/mol. The van der Waals surface area contributed by atoms with Crippen LogP contribution in [-0.4, -0.2) is 25.0 Å². The Balaban J connectivity index is 3.88. The molecule has 0 aromatic rings. The quantitative estimate of drug-likeness (QED) is 0.334. The van der Waals surface area contributed by atoms with E-state index in [-0.39, 0.29) is 0 Å². The SMILES string of the molecule is COC(=O)[C@@H](N)C(N)=O. The summed E-state index contributed by atoms with van der Waals surface area (Å²) in [5.74, 6) is -1.70. The summed E-state index contributed by atoms with van der Waals surface area (Å²) in [5.41, 5.74) is 9.57. The highest BCUT2D eigenvalue weighted by Crippen LogP contribution is 1.79. The van der Waals surface area contributed by atoms with Gasteiger partial charge >= 0.3 is 5.97 Å². The van der Waals surface area contributed by atoms with Crippen molar-refractivity contribution in [2.45, 2.75) is 6.04 Å². The van der Waals surface area contributed by atoms with E-state index >= 15 is 0 Å². The van der Waals surface area contributed by atoms with Gasteiger partial charge in [0, 0.05) is 0 Å². The molecule has 0 heterocycles. The van der Waals surface area contributed by atoms with Crippen LogP contribution in [0.25, 0.3) is 0 Å². The van der Waals surface area contributed by atoms with Gasteiger partial charge in [0.15, 0.2) is 6.04 Å². The summed E-state index contributed by atoms with van der Waals surface area (Å²) in [4.78, 5) is 20.4. The number of hydrogen-bond donors (Lipinski definition) is 2. The van der Waals surface area contributed by atoms with Crippen molar-refractivity contribution in [2.24, 2.45) is 11.5 Å². The highest BCUT2D eigenvalue weighted by Gasteiger charge is 2.18. The van der Waals surface area contributed by atoms with Crippen LogP contribution in [0, 0.1) is 0 Å². The number of hydrogen-bond acceptors (Lipinski definition) is 4. The van der Waals surface area contributed by atoms with E-state index in [9.17, 15) is 9.59 Å². The van der Waals surface area contributed by atoms with Crippen LogP contribution in [0.5, 0.6) is 0 Å². The number of nitrogens with two attached hydrogens (primary N) is 2. The summed E-state index contributed by atoms with van der Waals surface area (Å²) in [6, 6.07) is -1.34. The Morgan fingerprint density at radius 2 is 2.00 bits per heavy atom. The van der Waals surface area contributed by atoms with Crippen molar-refractivity contribution in [1.82, 2.24) is 0 Å². The van der Waals surface area contributed by atoms with Gasteiger partial charge in [-0.15, -0.1) is 0 Å². The highest BCUT2D eigenvalue weighted by atomic mass is 16.5. The molecule has 0 rings (SSSR count). The topological polar surface area (TPSA) is 95.4 Å². The summed E-state index contributed by atoms with van der Waals surface area (Å²) >= 11 is 0. The van der Waals surface area contributed by atoms with Crippen LogP contribution in [0.3, 0.4) is 0 Å². The van der Waals surface area contributed by atoms with E-state index < -0.39 is 17.9 Å². The molecule has 0 aromatic carbocycles. The van der Waals surface area contributed by atoms with E-state index in [1.807, 2.05) is 0 Å². The molecule has 9 heavy (non-hydrogen) atoms. The summed E-state index contributed by atoms with van der Waals surface area (Å²) in [7, 11) is 1.13. The molecular formula is C4H8N2O3. The van der Waals surface area contributed by atoms with E-state index in [0.29, 0.717) is 0 Å². The third-order valence-corrected chi connectivity index (χ3v) is 0.762. The lowest BCUT2D eigenvalue weighted by Gasteiger charge is -2.02. The number of esters is 1. The molecule has 0 radical (unpaired) electrons. The number of carbonyl (C=O) groups excluding carboxylic acids is 2. The van der Waals surface area contributed by atoms with Crippen molar-refractivity contribution < 1.29 is 14.3 Å². The molecule has 0 aliphatic heterocycles. The zero-order valence-corrected chi connectivity index (χ0v) is 4.96. The first-order valence-electron chi connectivity index (χ1n) is 2.22. The molecule has 0 aliphatic carbocycles. The van der Waals surface area contributed by atoms with Crippen molar-refractivity contribution in [1.29, 1.82) is 0 Å². The maximum Gasteiger partial charge on any atom is 0.332 e. The first-order chi connectivity index (χ1) is 4.09. The Morgan fingerprint density at radius 3 is 2.11 bits per heavy atom. The first-order valence-corrected chi connectivity index (χ1v) is 2.22. The molecule has 0 spiro atoms. The first kappa shape index (κ1) is 7.90. The van der Waals surface area contributed by atoms with E-state index in [2.05, 4.69) is 10.5 Å². The lowest BCUT2D eigenvalue weighted by atomic mass is 10.3. The normalized spacial score (nSPS) is 12.2. The molecule has 5 nitrogen and oxygen atoms in total. The van der Waals surface area contributed by atoms with Crippen LogP contribution in [0.1, 0.15) is 0 Å². The average Bonchev–Trinajstić information content (AvgIpc) is 1.84. The highest BCUT2D eigenvalue weighted by molar-refractivity contribution is 6.00. The summed E-state index contributed by atoms with van der Waals surface area (Å²) in [6.45, 7) is 0. The zero-order valence-electron chi connectivity index (χ0n) is 4.96. The molecule has 1 amide bonds. The lowest BCUT2D eigenvalue weighted by Crippen LogP contribution is -2.43. The monoisotopic (exact) mass is 132 g/mol. The molecule has 1 atom stereocenters. The third kappa shape index (κ3) is 2.09. The Morgan fingerprint density at radius 1 is 1.56 bits per heavy atom. The van der Waals surface area contributed by atoms with Crippen molar-refractivity contribution >= 4 is 11.9 Å². The number of amides is 1. The Kier molecular flexibility index (Phi) is 2.66. The van der Waals surface area contributed by atoms with Gasteiger partial charge in [-0.25, -0.2) is 4.79 Å². The maximum absolute atomic E-state index is 10.3. The third-order valence-electron chi connectivity index (χ3n) is 0.762. The Hall–Kier alpha value is -1.10. The van der Waals surface area contributed by atoms with Gasteiger partial charge < -0.3 is 16.2 Å². The van der Waals surface area contributed by atoms with Gasteiger partial charge in [-0.1, -0.05) is 0 Å². The average molecular weight is 132 g/mol. The van der Waals surface area contributed by atoms with Gasteiger partial charge in [0.05, 0.1) is 7.11 Å². The fourth-order valence-electron chi connectivity index (χ4n) is 0.243. The largest absolute Gasteiger partial charge is 0.467 e. The second kappa shape index (κ2) is 3.03. The van der Waals surface area contributed by atoms with Crippen molar-refractivity contribution in [2.75, 3.05) is 7.11 Å². The molecule has 0 unspecified atom stereocenters. The number of carbonyl (C=O) groups is 2. The maximum atomic E-state index is 10.3. The second-order valence-electron chi connectivity index (χ2n) is 1.40. The molecule has 5 heteroatoms. The van der Waals surface area contributed by atoms with Gasteiger partial charge in [-0.2, -0.15) is 0 Å². The molecule has 0 bridgehead atoms. The smallest absolute Gasteiger partial charge is 0.332 e. The molecule has 52 valence electrons.